The maximum Gasteiger partial charge on any atom is 0.228 e. The molecule has 1 amide bonds. The predicted molar refractivity (Wildman–Crippen MR) is 83.9 cm³/mol. The lowest BCUT2D eigenvalue weighted by molar-refractivity contribution is -0.116. The van der Waals surface area contributed by atoms with E-state index in [1.165, 1.54) is 17.5 Å². The second-order valence-electron chi connectivity index (χ2n) is 4.67. The van der Waals surface area contributed by atoms with E-state index in [0.29, 0.717) is 17.1 Å². The Morgan fingerprint density at radius 2 is 2.14 bits per heavy atom. The molecule has 8 heteroatoms. The van der Waals surface area contributed by atoms with Gasteiger partial charge in [0.05, 0.1) is 18.3 Å². The van der Waals surface area contributed by atoms with Crippen LogP contribution < -0.4 is 10.7 Å². The van der Waals surface area contributed by atoms with Crippen LogP contribution in [0.15, 0.2) is 35.3 Å². The number of carbonyl (C=O) groups is 1. The molecule has 0 saturated carbocycles. The van der Waals surface area contributed by atoms with Gasteiger partial charge in [-0.3, -0.25) is 14.3 Å². The molecule has 2 heterocycles. The molecular weight excluding hydrogens is 302 g/mol. The molecule has 0 radical (unpaired) electrons. The number of amides is 1. The number of carbonyl (C=O) groups excluding carboxylic acids is 1. The number of para-hydroxylation sites is 1. The van der Waals surface area contributed by atoms with Gasteiger partial charge in [0.15, 0.2) is 0 Å². The standard InChI is InChI=1S/C14H13N5O2S/c1-9-17-18-14(22-9)16-13(21)6-7-19-11-5-3-2-4-10(11)12(20)8-15-19/h2-5,8H,6-7H2,1H3,(H,16,18,21). The van der Waals surface area contributed by atoms with E-state index in [-0.39, 0.29) is 17.8 Å². The summed E-state index contributed by atoms with van der Waals surface area (Å²) in [4.78, 5) is 23.7. The van der Waals surface area contributed by atoms with Crippen LogP contribution in [0.2, 0.25) is 0 Å². The highest BCUT2D eigenvalue weighted by molar-refractivity contribution is 7.15. The molecule has 0 aliphatic rings. The number of hydrogen-bond acceptors (Lipinski definition) is 6. The highest BCUT2D eigenvalue weighted by Gasteiger charge is 2.08. The molecular formula is C14H13N5O2S. The lowest BCUT2D eigenvalue weighted by Gasteiger charge is -2.08. The van der Waals surface area contributed by atoms with Crippen LogP contribution in [0.1, 0.15) is 11.4 Å². The van der Waals surface area contributed by atoms with Gasteiger partial charge in [0.25, 0.3) is 0 Å². The average Bonchev–Trinajstić information content (AvgIpc) is 2.92. The summed E-state index contributed by atoms with van der Waals surface area (Å²) in [5, 5.41) is 16.3. The van der Waals surface area contributed by atoms with E-state index in [0.717, 1.165) is 10.5 Å². The van der Waals surface area contributed by atoms with Gasteiger partial charge < -0.3 is 5.32 Å². The zero-order valence-corrected chi connectivity index (χ0v) is 12.6. The summed E-state index contributed by atoms with van der Waals surface area (Å²) >= 11 is 1.32. The van der Waals surface area contributed by atoms with Crippen LogP contribution in [0.3, 0.4) is 0 Å². The molecule has 0 aliphatic heterocycles. The van der Waals surface area contributed by atoms with Gasteiger partial charge in [-0.2, -0.15) is 5.10 Å². The summed E-state index contributed by atoms with van der Waals surface area (Å²) in [6.45, 7) is 2.20. The molecule has 112 valence electrons. The molecule has 0 fully saturated rings. The van der Waals surface area contributed by atoms with Crippen LogP contribution in [-0.2, 0) is 11.3 Å². The van der Waals surface area contributed by atoms with Crippen molar-refractivity contribution < 1.29 is 4.79 Å². The Kier molecular flexibility index (Phi) is 3.92. The van der Waals surface area contributed by atoms with Crippen molar-refractivity contribution in [3.05, 3.63) is 45.7 Å². The summed E-state index contributed by atoms with van der Waals surface area (Å²) in [7, 11) is 0. The minimum Gasteiger partial charge on any atom is -0.300 e. The van der Waals surface area contributed by atoms with Crippen LogP contribution in [-0.4, -0.2) is 25.9 Å². The number of rotatable bonds is 4. The summed E-state index contributed by atoms with van der Waals surface area (Å²) in [5.74, 6) is -0.166. The van der Waals surface area contributed by atoms with E-state index in [9.17, 15) is 9.59 Å². The molecule has 0 atom stereocenters. The first-order chi connectivity index (χ1) is 10.6. The molecule has 0 spiro atoms. The quantitative estimate of drug-likeness (QED) is 0.789. The minimum atomic E-state index is -0.166. The Morgan fingerprint density at radius 1 is 1.32 bits per heavy atom. The van der Waals surface area contributed by atoms with Crippen molar-refractivity contribution in [2.75, 3.05) is 5.32 Å². The third-order valence-electron chi connectivity index (χ3n) is 3.09. The van der Waals surface area contributed by atoms with Crippen LogP contribution in [0, 0.1) is 6.92 Å². The number of nitrogens with zero attached hydrogens (tertiary/aromatic N) is 4. The Labute approximate surface area is 129 Å². The third kappa shape index (κ3) is 3.01. The third-order valence-corrected chi connectivity index (χ3v) is 3.84. The summed E-state index contributed by atoms with van der Waals surface area (Å²) in [6.07, 6.45) is 1.51. The average molecular weight is 315 g/mol. The van der Waals surface area contributed by atoms with Crippen molar-refractivity contribution in [2.24, 2.45) is 0 Å². The molecule has 0 saturated heterocycles. The smallest absolute Gasteiger partial charge is 0.228 e. The molecule has 0 bridgehead atoms. The Morgan fingerprint density at radius 3 is 2.91 bits per heavy atom. The zero-order chi connectivity index (χ0) is 15.5. The van der Waals surface area contributed by atoms with Gasteiger partial charge in [0.2, 0.25) is 16.5 Å². The zero-order valence-electron chi connectivity index (χ0n) is 11.8. The molecule has 3 rings (SSSR count). The minimum absolute atomic E-state index is 0.124. The van der Waals surface area contributed by atoms with E-state index < -0.39 is 0 Å². The predicted octanol–water partition coefficient (Wildman–Crippen LogP) is 1.59. The second kappa shape index (κ2) is 6.02. The van der Waals surface area contributed by atoms with Gasteiger partial charge in [-0.15, -0.1) is 10.2 Å². The number of anilines is 1. The highest BCUT2D eigenvalue weighted by Crippen LogP contribution is 2.14. The maximum atomic E-state index is 11.9. The van der Waals surface area contributed by atoms with Gasteiger partial charge in [-0.1, -0.05) is 23.5 Å². The van der Waals surface area contributed by atoms with Crippen molar-refractivity contribution in [1.29, 1.82) is 0 Å². The molecule has 0 unspecified atom stereocenters. The van der Waals surface area contributed by atoms with Gasteiger partial charge in [-0.05, 0) is 19.1 Å². The lowest BCUT2D eigenvalue weighted by Crippen LogP contribution is -2.17. The van der Waals surface area contributed by atoms with Crippen molar-refractivity contribution in [1.82, 2.24) is 20.0 Å². The molecule has 3 aromatic rings. The first-order valence-electron chi connectivity index (χ1n) is 6.68. The normalized spacial score (nSPS) is 10.8. The van der Waals surface area contributed by atoms with E-state index in [1.54, 1.807) is 16.8 Å². The monoisotopic (exact) mass is 315 g/mol. The Balaban J connectivity index is 1.73. The first-order valence-corrected chi connectivity index (χ1v) is 7.50. The van der Waals surface area contributed by atoms with Crippen LogP contribution in [0.5, 0.6) is 0 Å². The molecule has 22 heavy (non-hydrogen) atoms. The van der Waals surface area contributed by atoms with E-state index in [2.05, 4.69) is 20.6 Å². The number of benzene rings is 1. The van der Waals surface area contributed by atoms with E-state index >= 15 is 0 Å². The van der Waals surface area contributed by atoms with Crippen molar-refractivity contribution >= 4 is 33.3 Å². The van der Waals surface area contributed by atoms with Crippen molar-refractivity contribution in [2.45, 2.75) is 19.9 Å². The molecule has 2 aromatic heterocycles. The van der Waals surface area contributed by atoms with Gasteiger partial charge >= 0.3 is 0 Å². The molecule has 1 aromatic carbocycles. The van der Waals surface area contributed by atoms with Crippen LogP contribution in [0.25, 0.3) is 10.9 Å². The summed E-state index contributed by atoms with van der Waals surface area (Å²) < 4.78 is 1.65. The molecule has 7 nitrogen and oxygen atoms in total. The summed E-state index contributed by atoms with van der Waals surface area (Å²) in [6, 6.07) is 7.21. The number of aryl methyl sites for hydroxylation is 2. The topological polar surface area (TPSA) is 89.8 Å². The SMILES string of the molecule is Cc1nnc(NC(=O)CCn2ncc(=O)c3ccccc32)s1. The number of aromatic nitrogens is 4. The highest BCUT2D eigenvalue weighted by atomic mass is 32.1. The van der Waals surface area contributed by atoms with Gasteiger partial charge in [-0.25, -0.2) is 0 Å². The number of fused-ring (bicyclic) bond motifs is 1. The molecule has 0 aliphatic carbocycles. The lowest BCUT2D eigenvalue weighted by atomic mass is 10.2. The van der Waals surface area contributed by atoms with Crippen LogP contribution >= 0.6 is 11.3 Å². The Hall–Kier alpha value is -2.61. The fourth-order valence-electron chi connectivity index (χ4n) is 2.08. The van der Waals surface area contributed by atoms with Crippen molar-refractivity contribution in [3.8, 4) is 0 Å². The fraction of sp³-hybridized carbons (Fsp3) is 0.214. The number of hydrogen-bond donors (Lipinski definition) is 1. The van der Waals surface area contributed by atoms with Gasteiger partial charge in [0.1, 0.15) is 5.01 Å². The van der Waals surface area contributed by atoms with Crippen LogP contribution in [0.4, 0.5) is 5.13 Å². The first kappa shape index (κ1) is 14.3. The summed E-state index contributed by atoms with van der Waals surface area (Å²) in [5.41, 5.74) is 0.593. The second-order valence-corrected chi connectivity index (χ2v) is 5.86. The maximum absolute atomic E-state index is 11.9. The largest absolute Gasteiger partial charge is 0.300 e. The fourth-order valence-corrected chi connectivity index (χ4v) is 2.68. The van der Waals surface area contributed by atoms with E-state index in [4.69, 9.17) is 0 Å². The molecule has 1 N–H and O–H groups in total. The Bertz CT molecular complexity index is 886. The number of nitrogens with one attached hydrogen (secondary N) is 1. The van der Waals surface area contributed by atoms with Crippen molar-refractivity contribution in [3.63, 3.8) is 0 Å². The van der Waals surface area contributed by atoms with E-state index in [1.807, 2.05) is 19.1 Å². The van der Waals surface area contributed by atoms with Gasteiger partial charge in [0, 0.05) is 11.8 Å².